The molecule has 6 aromatic rings. The Morgan fingerprint density at radius 1 is 0.679 bits per heavy atom. The van der Waals surface area contributed by atoms with Crippen molar-refractivity contribution in [3.8, 4) is 24.2 Å². The number of halogens is 4. The first-order valence-electron chi connectivity index (χ1n) is 17.9. The maximum absolute atomic E-state index is 13.3. The fourth-order valence-corrected chi connectivity index (χ4v) is 7.02. The van der Waals surface area contributed by atoms with Crippen molar-refractivity contribution >= 4 is 50.1 Å². The Morgan fingerprint density at radius 3 is 1.62 bits per heavy atom. The highest BCUT2D eigenvalue weighted by atomic mass is 79.9. The lowest BCUT2D eigenvalue weighted by molar-refractivity contribution is 0.226. The molecular formula is C44H42BrClF2N6O2. The topological polar surface area (TPSA) is 76.3 Å². The van der Waals surface area contributed by atoms with Crippen LogP contribution in [-0.4, -0.2) is 69.2 Å². The van der Waals surface area contributed by atoms with Gasteiger partial charge in [0, 0.05) is 59.2 Å². The number of nitrogens with zero attached hydrogens (tertiary/aromatic N) is 6. The predicted molar refractivity (Wildman–Crippen MR) is 225 cm³/mol. The first kappa shape index (κ1) is 42.0. The van der Waals surface area contributed by atoms with E-state index in [-0.39, 0.29) is 35.2 Å². The van der Waals surface area contributed by atoms with Crippen molar-refractivity contribution in [1.29, 1.82) is 0 Å². The summed E-state index contributed by atoms with van der Waals surface area (Å²) >= 11 is 3.43. The van der Waals surface area contributed by atoms with Crippen LogP contribution in [0.3, 0.4) is 0 Å². The van der Waals surface area contributed by atoms with Crippen LogP contribution >= 0.6 is 28.3 Å². The van der Waals surface area contributed by atoms with Crippen LogP contribution in [-0.2, 0) is 25.9 Å². The second-order valence-electron chi connectivity index (χ2n) is 14.0. The summed E-state index contributed by atoms with van der Waals surface area (Å²) in [6.45, 7) is 1.41. The highest BCUT2D eigenvalue weighted by Gasteiger charge is 2.24. The molecule has 8 nitrogen and oxygen atoms in total. The van der Waals surface area contributed by atoms with Gasteiger partial charge in [0.05, 0.1) is 21.8 Å². The maximum atomic E-state index is 13.3. The second-order valence-corrected chi connectivity index (χ2v) is 14.9. The van der Waals surface area contributed by atoms with Gasteiger partial charge in [-0.15, -0.1) is 18.8 Å². The molecule has 4 heterocycles. The van der Waals surface area contributed by atoms with Crippen molar-refractivity contribution < 1.29 is 8.78 Å². The van der Waals surface area contributed by atoms with E-state index in [4.69, 9.17) is 11.4 Å². The van der Waals surface area contributed by atoms with E-state index in [0.717, 1.165) is 59.4 Å². The molecule has 0 spiro atoms. The molecule has 288 valence electrons. The largest absolute Gasteiger partial charge is 0.305 e. The Balaban J connectivity index is 0.000000179. The Labute approximate surface area is 339 Å². The summed E-state index contributed by atoms with van der Waals surface area (Å²) in [5.74, 6) is 9.46. The van der Waals surface area contributed by atoms with Gasteiger partial charge < -0.3 is 9.80 Å². The number of terminal acetylenes is 1. The van der Waals surface area contributed by atoms with Crippen LogP contribution in [0.5, 0.6) is 0 Å². The number of hydrogen-bond acceptors (Lipinski definition) is 6. The lowest BCUT2D eigenvalue weighted by Crippen LogP contribution is -2.41. The quantitative estimate of drug-likeness (QED) is 0.174. The third kappa shape index (κ3) is 9.97. The molecule has 56 heavy (non-hydrogen) atoms. The van der Waals surface area contributed by atoms with E-state index in [1.165, 1.54) is 24.3 Å². The minimum absolute atomic E-state index is 0. The minimum Gasteiger partial charge on any atom is -0.305 e. The molecule has 0 bridgehead atoms. The first-order valence-corrected chi connectivity index (χ1v) is 18.7. The molecule has 2 atom stereocenters. The van der Waals surface area contributed by atoms with Crippen LogP contribution in [0.1, 0.15) is 41.2 Å². The average Bonchev–Trinajstić information content (AvgIpc) is 3.17. The van der Waals surface area contributed by atoms with Crippen LogP contribution in [0.2, 0.25) is 0 Å². The zero-order chi connectivity index (χ0) is 39.2. The SMILES string of the molecule is C#Cc1cccc(F)c1.CN(C)C1CCc2nc3cc(Br)ccc3c(=O)n2C1.CN(C)C1CCc2nc3cc(C#Cc4cccc(F)c4)ccc3c(=O)n2C1.Cl. The van der Waals surface area contributed by atoms with Crippen molar-refractivity contribution in [2.24, 2.45) is 0 Å². The zero-order valence-corrected chi connectivity index (χ0v) is 34.0. The summed E-state index contributed by atoms with van der Waals surface area (Å²) in [5.41, 5.74) is 3.49. The number of hydrogen-bond donors (Lipinski definition) is 0. The molecule has 12 heteroatoms. The molecule has 2 unspecified atom stereocenters. The van der Waals surface area contributed by atoms with Crippen molar-refractivity contribution in [2.75, 3.05) is 28.2 Å². The van der Waals surface area contributed by atoms with Gasteiger partial charge in [-0.2, -0.15) is 0 Å². The fraction of sp³-hybridized carbons (Fsp3) is 0.273. The smallest absolute Gasteiger partial charge is 0.261 e. The van der Waals surface area contributed by atoms with Gasteiger partial charge in [0.15, 0.2) is 0 Å². The number of aromatic nitrogens is 4. The van der Waals surface area contributed by atoms with E-state index in [1.54, 1.807) is 34.9 Å². The standard InChI is InChI=1S/C22H20FN3O.C14H16BrN3O.C8H5F.ClH/c1-25(2)18-9-11-21-24-20-13-16(7-6-15-4-3-5-17(23)12-15)8-10-19(20)22(27)26(21)14-18;1-17(2)10-4-6-13-16-12-7-9(15)3-5-11(12)14(19)18(13)8-10;1-2-7-4-3-5-8(9)6-7;/h3-5,8,10,12-13,18H,9,11,14H2,1-2H3;3,5,7,10H,4,6,8H2,1-2H3;1,3-6H;1H. The van der Waals surface area contributed by atoms with Gasteiger partial charge in [-0.05, 0) is 114 Å². The molecule has 2 aliphatic rings. The number of rotatable bonds is 2. The van der Waals surface area contributed by atoms with Crippen LogP contribution in [0.15, 0.2) is 99.0 Å². The number of benzene rings is 4. The highest BCUT2D eigenvalue weighted by molar-refractivity contribution is 9.10. The highest BCUT2D eigenvalue weighted by Crippen LogP contribution is 2.21. The average molecular weight is 840 g/mol. The summed E-state index contributed by atoms with van der Waals surface area (Å²) in [5, 5.41) is 1.31. The van der Waals surface area contributed by atoms with Gasteiger partial charge in [0.1, 0.15) is 23.3 Å². The summed E-state index contributed by atoms with van der Waals surface area (Å²) < 4.78 is 30.1. The molecule has 0 fully saturated rings. The monoisotopic (exact) mass is 838 g/mol. The van der Waals surface area contributed by atoms with Gasteiger partial charge in [-0.25, -0.2) is 18.7 Å². The molecular weight excluding hydrogens is 798 g/mol. The summed E-state index contributed by atoms with van der Waals surface area (Å²) in [7, 11) is 8.20. The molecule has 2 aliphatic heterocycles. The van der Waals surface area contributed by atoms with Gasteiger partial charge in [-0.1, -0.05) is 45.8 Å². The third-order valence-electron chi connectivity index (χ3n) is 9.85. The second kappa shape index (κ2) is 18.6. The Hall–Kier alpha value is -5.17. The van der Waals surface area contributed by atoms with Crippen molar-refractivity contribution in [1.82, 2.24) is 28.9 Å². The van der Waals surface area contributed by atoms with Gasteiger partial charge in [0.2, 0.25) is 0 Å². The van der Waals surface area contributed by atoms with E-state index in [2.05, 4.69) is 62.6 Å². The minimum atomic E-state index is -0.308. The summed E-state index contributed by atoms with van der Waals surface area (Å²) in [6, 6.07) is 24.0. The Kier molecular flexibility index (Phi) is 14.0. The fourth-order valence-electron chi connectivity index (χ4n) is 6.67. The van der Waals surface area contributed by atoms with Gasteiger partial charge in [0.25, 0.3) is 11.1 Å². The van der Waals surface area contributed by atoms with E-state index >= 15 is 0 Å². The van der Waals surface area contributed by atoms with E-state index in [0.29, 0.717) is 46.0 Å². The maximum Gasteiger partial charge on any atom is 0.261 e. The molecule has 0 saturated heterocycles. The van der Waals surface area contributed by atoms with E-state index in [9.17, 15) is 18.4 Å². The molecule has 0 radical (unpaired) electrons. The number of aryl methyl sites for hydroxylation is 2. The number of likely N-dealkylation sites (N-methyl/N-ethyl adjacent to an activating group) is 2. The van der Waals surface area contributed by atoms with Crippen molar-refractivity contribution in [3.63, 3.8) is 0 Å². The van der Waals surface area contributed by atoms with Crippen LogP contribution in [0.25, 0.3) is 21.8 Å². The molecule has 0 amide bonds. The summed E-state index contributed by atoms with van der Waals surface area (Å²) in [6.07, 6.45) is 8.69. The lowest BCUT2D eigenvalue weighted by Gasteiger charge is -2.30. The normalized spacial score (nSPS) is 15.5. The van der Waals surface area contributed by atoms with Crippen LogP contribution in [0.4, 0.5) is 8.78 Å². The molecule has 0 saturated carbocycles. The first-order chi connectivity index (χ1) is 26.4. The molecule has 4 aromatic carbocycles. The van der Waals surface area contributed by atoms with Gasteiger partial charge >= 0.3 is 0 Å². The zero-order valence-electron chi connectivity index (χ0n) is 31.6. The van der Waals surface area contributed by atoms with Crippen LogP contribution < -0.4 is 11.1 Å². The predicted octanol–water partition coefficient (Wildman–Crippen LogP) is 7.08. The molecule has 2 aromatic heterocycles. The third-order valence-corrected chi connectivity index (χ3v) is 10.3. The van der Waals surface area contributed by atoms with E-state index < -0.39 is 0 Å². The van der Waals surface area contributed by atoms with E-state index in [1.807, 2.05) is 49.0 Å². The number of fused-ring (bicyclic) bond motifs is 4. The van der Waals surface area contributed by atoms with Crippen molar-refractivity contribution in [2.45, 2.75) is 50.9 Å². The molecule has 8 rings (SSSR count). The summed E-state index contributed by atoms with van der Waals surface area (Å²) in [4.78, 5) is 39.1. The molecule has 0 aliphatic carbocycles. The van der Waals surface area contributed by atoms with Crippen molar-refractivity contribution in [3.05, 3.63) is 150 Å². The Bertz CT molecular complexity index is 2610. The van der Waals surface area contributed by atoms with Gasteiger partial charge in [-0.3, -0.25) is 18.7 Å². The Morgan fingerprint density at radius 2 is 1.14 bits per heavy atom. The molecule has 0 N–H and O–H groups in total. The lowest BCUT2D eigenvalue weighted by atomic mass is 10.0. The van der Waals surface area contributed by atoms with Crippen LogP contribution in [0, 0.1) is 35.8 Å².